The van der Waals surface area contributed by atoms with Gasteiger partial charge in [0.2, 0.25) is 5.91 Å². The van der Waals surface area contributed by atoms with Crippen molar-refractivity contribution in [2.24, 2.45) is 17.3 Å². The number of hydrogen-bond donors (Lipinski definition) is 2. The van der Waals surface area contributed by atoms with Gasteiger partial charge in [-0.3, -0.25) is 4.79 Å². The lowest BCUT2D eigenvalue weighted by atomic mass is 9.82. The summed E-state index contributed by atoms with van der Waals surface area (Å²) in [4.78, 5) is 28.3. The highest BCUT2D eigenvalue weighted by Gasteiger charge is 2.36. The molecule has 0 radical (unpaired) electrons. The summed E-state index contributed by atoms with van der Waals surface area (Å²) in [5.41, 5.74) is 0.357. The Hall–Kier alpha value is -1.84. The zero-order valence-electron chi connectivity index (χ0n) is 17.9. The second-order valence-electron chi connectivity index (χ2n) is 9.44. The molecule has 0 aromatic carbocycles. The molecule has 1 aromatic rings. The molecule has 2 fully saturated rings. The largest absolute Gasteiger partial charge is 0.477 e. The fourth-order valence-corrected chi connectivity index (χ4v) is 4.92. The van der Waals surface area contributed by atoms with Crippen molar-refractivity contribution in [3.8, 4) is 11.8 Å². The SMILES string of the molecule is CC(C)(C)C#Cc1cc(N(C(=O)[C@H]2CC[C@@H](C)CC2)[C@H]2CCNC2)c(C(=O)O)s1. The van der Waals surface area contributed by atoms with E-state index in [4.69, 9.17) is 0 Å². The van der Waals surface area contributed by atoms with E-state index in [0.29, 0.717) is 23.0 Å². The number of carbonyl (C=O) groups is 2. The topological polar surface area (TPSA) is 69.6 Å². The fraction of sp³-hybridized carbons (Fsp3) is 0.652. The van der Waals surface area contributed by atoms with Gasteiger partial charge in [-0.2, -0.15) is 0 Å². The minimum atomic E-state index is -0.991. The number of carbonyl (C=O) groups excluding carboxylic acids is 1. The van der Waals surface area contributed by atoms with Gasteiger partial charge in [-0.25, -0.2) is 4.79 Å². The van der Waals surface area contributed by atoms with Crippen LogP contribution in [-0.4, -0.2) is 36.1 Å². The van der Waals surface area contributed by atoms with E-state index in [1.807, 2.05) is 26.8 Å². The second-order valence-corrected chi connectivity index (χ2v) is 10.5. The number of amides is 1. The first kappa shape index (κ1) is 21.9. The van der Waals surface area contributed by atoms with E-state index in [0.717, 1.165) is 38.6 Å². The Morgan fingerprint density at radius 2 is 1.90 bits per heavy atom. The number of aromatic carboxylic acids is 1. The Morgan fingerprint density at radius 1 is 1.21 bits per heavy atom. The van der Waals surface area contributed by atoms with Gasteiger partial charge in [0.25, 0.3) is 0 Å². The Bertz CT molecular complexity index is 813. The van der Waals surface area contributed by atoms with Crippen molar-refractivity contribution in [1.29, 1.82) is 0 Å². The summed E-state index contributed by atoms with van der Waals surface area (Å²) in [7, 11) is 0. The fourth-order valence-electron chi connectivity index (χ4n) is 4.08. The highest BCUT2D eigenvalue weighted by Crippen LogP contribution is 2.37. The number of carboxylic acid groups (broad SMARTS) is 1. The van der Waals surface area contributed by atoms with E-state index in [1.54, 1.807) is 4.90 Å². The van der Waals surface area contributed by atoms with Gasteiger partial charge in [0.15, 0.2) is 0 Å². The van der Waals surface area contributed by atoms with Crippen molar-refractivity contribution in [2.45, 2.75) is 65.8 Å². The first-order valence-corrected chi connectivity index (χ1v) is 11.4. The van der Waals surface area contributed by atoms with E-state index < -0.39 is 5.97 Å². The summed E-state index contributed by atoms with van der Waals surface area (Å²) in [6.07, 6.45) is 4.74. The first-order chi connectivity index (χ1) is 13.7. The summed E-state index contributed by atoms with van der Waals surface area (Å²) in [6.45, 7) is 9.86. The minimum absolute atomic E-state index is 0.00187. The van der Waals surface area contributed by atoms with Crippen LogP contribution in [0.15, 0.2) is 6.07 Å². The molecule has 5 nitrogen and oxygen atoms in total. The van der Waals surface area contributed by atoms with Crippen LogP contribution in [0.4, 0.5) is 5.69 Å². The number of hydrogen-bond acceptors (Lipinski definition) is 4. The monoisotopic (exact) mass is 416 g/mol. The van der Waals surface area contributed by atoms with Crippen molar-refractivity contribution in [2.75, 3.05) is 18.0 Å². The van der Waals surface area contributed by atoms with E-state index in [-0.39, 0.29) is 28.2 Å². The van der Waals surface area contributed by atoms with Crippen LogP contribution in [0.1, 0.15) is 74.3 Å². The lowest BCUT2D eigenvalue weighted by Gasteiger charge is -2.34. The van der Waals surface area contributed by atoms with Crippen molar-refractivity contribution in [3.05, 3.63) is 15.8 Å². The molecule has 2 aliphatic rings. The number of thiophene rings is 1. The predicted molar refractivity (Wildman–Crippen MR) is 117 cm³/mol. The summed E-state index contributed by atoms with van der Waals surface area (Å²) in [6, 6.07) is 1.81. The second kappa shape index (κ2) is 8.89. The molecule has 1 saturated heterocycles. The summed E-state index contributed by atoms with van der Waals surface area (Å²) < 4.78 is 0. The van der Waals surface area contributed by atoms with Gasteiger partial charge < -0.3 is 15.3 Å². The lowest BCUT2D eigenvalue weighted by Crippen LogP contribution is -2.46. The van der Waals surface area contributed by atoms with Crippen LogP contribution >= 0.6 is 11.3 Å². The molecule has 1 aromatic heterocycles. The number of anilines is 1. The Kier molecular flexibility index (Phi) is 6.70. The van der Waals surface area contributed by atoms with Crippen LogP contribution in [0.3, 0.4) is 0 Å². The smallest absolute Gasteiger partial charge is 0.348 e. The average molecular weight is 417 g/mol. The quantitative estimate of drug-likeness (QED) is 0.716. The predicted octanol–water partition coefficient (Wildman–Crippen LogP) is 4.37. The van der Waals surface area contributed by atoms with Gasteiger partial charge in [0.05, 0.1) is 16.6 Å². The maximum absolute atomic E-state index is 13.6. The molecule has 1 saturated carbocycles. The molecule has 1 aliphatic carbocycles. The third kappa shape index (κ3) is 5.40. The third-order valence-electron chi connectivity index (χ3n) is 5.73. The van der Waals surface area contributed by atoms with Crippen LogP contribution < -0.4 is 10.2 Å². The molecule has 29 heavy (non-hydrogen) atoms. The van der Waals surface area contributed by atoms with E-state index in [9.17, 15) is 14.7 Å². The third-order valence-corrected chi connectivity index (χ3v) is 6.76. The average Bonchev–Trinajstić information content (AvgIpc) is 3.31. The van der Waals surface area contributed by atoms with Crippen LogP contribution in [0.5, 0.6) is 0 Å². The molecule has 0 bridgehead atoms. The highest BCUT2D eigenvalue weighted by molar-refractivity contribution is 7.15. The van der Waals surface area contributed by atoms with Crippen molar-refractivity contribution in [1.82, 2.24) is 5.32 Å². The van der Waals surface area contributed by atoms with Crippen molar-refractivity contribution in [3.63, 3.8) is 0 Å². The molecular weight excluding hydrogens is 384 g/mol. The van der Waals surface area contributed by atoms with E-state index >= 15 is 0 Å². The maximum atomic E-state index is 13.6. The Labute approximate surface area is 177 Å². The van der Waals surface area contributed by atoms with Gasteiger partial charge in [-0.1, -0.05) is 18.8 Å². The molecule has 6 heteroatoms. The maximum Gasteiger partial charge on any atom is 0.348 e. The van der Waals surface area contributed by atoms with Crippen LogP contribution in [0.25, 0.3) is 0 Å². The molecule has 158 valence electrons. The van der Waals surface area contributed by atoms with Gasteiger partial charge in [-0.05, 0) is 71.4 Å². The van der Waals surface area contributed by atoms with E-state index in [1.165, 1.54) is 11.3 Å². The first-order valence-electron chi connectivity index (χ1n) is 10.6. The summed E-state index contributed by atoms with van der Waals surface area (Å²) in [5.74, 6) is 6.04. The number of rotatable bonds is 4. The van der Waals surface area contributed by atoms with Crippen LogP contribution in [0, 0.1) is 29.1 Å². The van der Waals surface area contributed by atoms with Gasteiger partial charge in [-0.15, -0.1) is 11.3 Å². The highest BCUT2D eigenvalue weighted by atomic mass is 32.1. The number of nitrogens with one attached hydrogen (secondary N) is 1. The lowest BCUT2D eigenvalue weighted by molar-refractivity contribution is -0.124. The number of carboxylic acids is 1. The normalized spacial score (nSPS) is 24.6. The molecule has 1 amide bonds. The molecule has 2 heterocycles. The standard InChI is InChI=1S/C23H32N2O3S/c1-15-5-7-16(8-6-15)21(26)25(17-10-12-24-14-17)19-13-18(9-11-23(2,3)4)29-20(19)22(27)28/h13,15-17,24H,5-8,10,12,14H2,1-4H3,(H,27,28)/t15-,16+,17-/m0/s1. The zero-order chi connectivity index (χ0) is 21.2. The van der Waals surface area contributed by atoms with Gasteiger partial charge >= 0.3 is 5.97 Å². The minimum Gasteiger partial charge on any atom is -0.477 e. The molecule has 0 spiro atoms. The molecule has 0 unspecified atom stereocenters. The van der Waals surface area contributed by atoms with Crippen LogP contribution in [0.2, 0.25) is 0 Å². The van der Waals surface area contributed by atoms with E-state index in [2.05, 4.69) is 24.1 Å². The Balaban J connectivity index is 1.98. The van der Waals surface area contributed by atoms with Crippen LogP contribution in [-0.2, 0) is 4.79 Å². The molecular formula is C23H32N2O3S. The van der Waals surface area contributed by atoms with Gasteiger partial charge in [0, 0.05) is 17.9 Å². The molecule has 1 atom stereocenters. The molecule has 1 aliphatic heterocycles. The van der Waals surface area contributed by atoms with Crippen molar-refractivity contribution < 1.29 is 14.7 Å². The zero-order valence-corrected chi connectivity index (χ0v) is 18.7. The Morgan fingerprint density at radius 3 is 2.45 bits per heavy atom. The molecule has 2 N–H and O–H groups in total. The molecule has 3 rings (SSSR count). The summed E-state index contributed by atoms with van der Waals surface area (Å²) >= 11 is 1.17. The van der Waals surface area contributed by atoms with Gasteiger partial charge in [0.1, 0.15) is 4.88 Å². The van der Waals surface area contributed by atoms with Crippen molar-refractivity contribution >= 4 is 28.9 Å². The number of nitrogens with zero attached hydrogens (tertiary/aromatic N) is 1. The summed E-state index contributed by atoms with van der Waals surface area (Å²) in [5, 5.41) is 13.2.